The molecule has 0 aromatic carbocycles. The predicted molar refractivity (Wildman–Crippen MR) is 70.8 cm³/mol. The first-order valence-corrected chi connectivity index (χ1v) is 6.58. The molecular weight excluding hydrogens is 212 g/mol. The van der Waals surface area contributed by atoms with Gasteiger partial charge in [-0.3, -0.25) is 4.98 Å². The Morgan fingerprint density at radius 3 is 2.71 bits per heavy atom. The van der Waals surface area contributed by atoms with Crippen molar-refractivity contribution in [2.45, 2.75) is 51.0 Å². The summed E-state index contributed by atoms with van der Waals surface area (Å²) in [6, 6.07) is 5.76. The van der Waals surface area contributed by atoms with Gasteiger partial charge in [0, 0.05) is 24.4 Å². The van der Waals surface area contributed by atoms with Gasteiger partial charge < -0.3 is 10.8 Å². The predicted octanol–water partition coefficient (Wildman–Crippen LogP) is 2.46. The van der Waals surface area contributed by atoms with E-state index in [4.69, 9.17) is 5.73 Å². The van der Waals surface area contributed by atoms with E-state index in [1.54, 1.807) is 6.20 Å². The molecule has 0 bridgehead atoms. The zero-order chi connectivity index (χ0) is 12.5. The van der Waals surface area contributed by atoms with Crippen molar-refractivity contribution in [1.29, 1.82) is 0 Å². The standard InChI is InChI=1S/C14H24N2O/c1-2-3-4-5-9-14(17)12(11-15)13-8-6-7-10-16-13/h6-8,10,12,14,17H,2-5,9,11,15H2,1H3. The van der Waals surface area contributed by atoms with Crippen LogP contribution >= 0.6 is 0 Å². The van der Waals surface area contributed by atoms with Crippen LogP contribution in [0.2, 0.25) is 0 Å². The maximum Gasteiger partial charge on any atom is 0.0636 e. The van der Waals surface area contributed by atoms with Crippen LogP contribution in [-0.4, -0.2) is 22.7 Å². The van der Waals surface area contributed by atoms with Crippen molar-refractivity contribution in [3.63, 3.8) is 0 Å². The van der Waals surface area contributed by atoms with E-state index >= 15 is 0 Å². The van der Waals surface area contributed by atoms with Crippen LogP contribution in [0.5, 0.6) is 0 Å². The molecule has 2 atom stereocenters. The molecule has 3 nitrogen and oxygen atoms in total. The smallest absolute Gasteiger partial charge is 0.0636 e. The van der Waals surface area contributed by atoms with E-state index in [1.165, 1.54) is 19.3 Å². The van der Waals surface area contributed by atoms with Crippen LogP contribution in [0.4, 0.5) is 0 Å². The van der Waals surface area contributed by atoms with Crippen LogP contribution in [0, 0.1) is 0 Å². The maximum atomic E-state index is 10.1. The Bertz CT molecular complexity index is 290. The van der Waals surface area contributed by atoms with E-state index in [9.17, 15) is 5.11 Å². The van der Waals surface area contributed by atoms with Gasteiger partial charge in [-0.25, -0.2) is 0 Å². The molecule has 2 unspecified atom stereocenters. The molecule has 1 heterocycles. The number of hydrogen-bond acceptors (Lipinski definition) is 3. The molecular formula is C14H24N2O. The number of aliphatic hydroxyl groups is 1. The van der Waals surface area contributed by atoms with Gasteiger partial charge in [0.1, 0.15) is 0 Å². The summed E-state index contributed by atoms with van der Waals surface area (Å²) in [7, 11) is 0. The highest BCUT2D eigenvalue weighted by molar-refractivity contribution is 5.11. The first-order valence-electron chi connectivity index (χ1n) is 6.58. The van der Waals surface area contributed by atoms with Crippen molar-refractivity contribution in [3.8, 4) is 0 Å². The minimum atomic E-state index is -0.369. The third kappa shape index (κ3) is 4.84. The summed E-state index contributed by atoms with van der Waals surface area (Å²) in [5, 5.41) is 10.1. The van der Waals surface area contributed by atoms with Gasteiger partial charge in [0.05, 0.1) is 6.10 Å². The van der Waals surface area contributed by atoms with Crippen molar-refractivity contribution < 1.29 is 5.11 Å². The van der Waals surface area contributed by atoms with Crippen molar-refractivity contribution in [1.82, 2.24) is 4.98 Å². The monoisotopic (exact) mass is 236 g/mol. The highest BCUT2D eigenvalue weighted by atomic mass is 16.3. The second-order valence-corrected chi connectivity index (χ2v) is 4.51. The first-order chi connectivity index (χ1) is 8.29. The lowest BCUT2D eigenvalue weighted by Gasteiger charge is -2.20. The summed E-state index contributed by atoms with van der Waals surface area (Å²) in [6.45, 7) is 2.64. The minimum Gasteiger partial charge on any atom is -0.392 e. The molecule has 0 fully saturated rings. The molecule has 1 aromatic heterocycles. The van der Waals surface area contributed by atoms with Crippen molar-refractivity contribution >= 4 is 0 Å². The fourth-order valence-corrected chi connectivity index (χ4v) is 2.05. The fraction of sp³-hybridized carbons (Fsp3) is 0.643. The molecule has 3 heteroatoms. The SMILES string of the molecule is CCCCCCC(O)C(CN)c1ccccn1. The van der Waals surface area contributed by atoms with E-state index in [0.29, 0.717) is 6.54 Å². The Kier molecular flexibility index (Phi) is 6.82. The van der Waals surface area contributed by atoms with Crippen molar-refractivity contribution in [3.05, 3.63) is 30.1 Å². The zero-order valence-corrected chi connectivity index (χ0v) is 10.7. The number of aromatic nitrogens is 1. The van der Waals surface area contributed by atoms with Crippen LogP contribution in [0.25, 0.3) is 0 Å². The van der Waals surface area contributed by atoms with Gasteiger partial charge in [-0.15, -0.1) is 0 Å². The number of unbranched alkanes of at least 4 members (excludes halogenated alkanes) is 3. The maximum absolute atomic E-state index is 10.1. The average Bonchev–Trinajstić information content (AvgIpc) is 2.37. The molecule has 3 N–H and O–H groups in total. The average molecular weight is 236 g/mol. The molecule has 1 aromatic rings. The minimum absolute atomic E-state index is 0.0298. The van der Waals surface area contributed by atoms with Crippen LogP contribution in [0.1, 0.15) is 50.6 Å². The van der Waals surface area contributed by atoms with Crippen LogP contribution in [-0.2, 0) is 0 Å². The molecule has 0 radical (unpaired) electrons. The Balaban J connectivity index is 2.44. The van der Waals surface area contributed by atoms with E-state index in [0.717, 1.165) is 18.5 Å². The van der Waals surface area contributed by atoms with Crippen molar-refractivity contribution in [2.24, 2.45) is 5.73 Å². The van der Waals surface area contributed by atoms with Crippen LogP contribution < -0.4 is 5.73 Å². The molecule has 0 aliphatic rings. The molecule has 96 valence electrons. The Morgan fingerprint density at radius 2 is 2.12 bits per heavy atom. The summed E-state index contributed by atoms with van der Waals surface area (Å²) in [5.41, 5.74) is 6.64. The number of nitrogens with two attached hydrogens (primary N) is 1. The fourth-order valence-electron chi connectivity index (χ4n) is 2.05. The largest absolute Gasteiger partial charge is 0.392 e. The summed E-state index contributed by atoms with van der Waals surface area (Å²) in [4.78, 5) is 4.28. The lowest BCUT2D eigenvalue weighted by Crippen LogP contribution is -2.26. The normalized spacial score (nSPS) is 14.5. The number of pyridine rings is 1. The number of nitrogens with zero attached hydrogens (tertiary/aromatic N) is 1. The van der Waals surface area contributed by atoms with Gasteiger partial charge in [0.25, 0.3) is 0 Å². The summed E-state index contributed by atoms with van der Waals surface area (Å²) < 4.78 is 0. The van der Waals surface area contributed by atoms with E-state index < -0.39 is 0 Å². The topological polar surface area (TPSA) is 59.1 Å². The first kappa shape index (κ1) is 14.1. The second kappa shape index (κ2) is 8.20. The second-order valence-electron chi connectivity index (χ2n) is 4.51. The molecule has 1 rings (SSSR count). The number of rotatable bonds is 8. The molecule has 0 amide bonds. The van der Waals surface area contributed by atoms with E-state index in [-0.39, 0.29) is 12.0 Å². The molecule has 17 heavy (non-hydrogen) atoms. The van der Waals surface area contributed by atoms with E-state index in [1.807, 2.05) is 18.2 Å². The lowest BCUT2D eigenvalue weighted by atomic mass is 9.93. The van der Waals surface area contributed by atoms with Crippen LogP contribution in [0.3, 0.4) is 0 Å². The van der Waals surface area contributed by atoms with Gasteiger partial charge in [-0.2, -0.15) is 0 Å². The highest BCUT2D eigenvalue weighted by Gasteiger charge is 2.20. The lowest BCUT2D eigenvalue weighted by molar-refractivity contribution is 0.131. The summed E-state index contributed by atoms with van der Waals surface area (Å²) in [5.74, 6) is -0.0298. The van der Waals surface area contributed by atoms with Gasteiger partial charge in [-0.05, 0) is 18.6 Å². The van der Waals surface area contributed by atoms with Gasteiger partial charge in [0.15, 0.2) is 0 Å². The van der Waals surface area contributed by atoms with E-state index in [2.05, 4.69) is 11.9 Å². The van der Waals surface area contributed by atoms with Crippen molar-refractivity contribution in [2.75, 3.05) is 6.54 Å². The van der Waals surface area contributed by atoms with Gasteiger partial charge in [0.2, 0.25) is 0 Å². The zero-order valence-electron chi connectivity index (χ0n) is 10.7. The number of aliphatic hydroxyl groups excluding tert-OH is 1. The Labute approximate surface area is 104 Å². The van der Waals surface area contributed by atoms with Gasteiger partial charge >= 0.3 is 0 Å². The molecule has 0 saturated heterocycles. The molecule has 0 aliphatic heterocycles. The van der Waals surface area contributed by atoms with Crippen LogP contribution in [0.15, 0.2) is 24.4 Å². The Hall–Kier alpha value is -0.930. The highest BCUT2D eigenvalue weighted by Crippen LogP contribution is 2.20. The Morgan fingerprint density at radius 1 is 1.29 bits per heavy atom. The third-order valence-electron chi connectivity index (χ3n) is 3.14. The molecule has 0 aliphatic carbocycles. The third-order valence-corrected chi connectivity index (χ3v) is 3.14. The summed E-state index contributed by atoms with van der Waals surface area (Å²) >= 11 is 0. The van der Waals surface area contributed by atoms with Gasteiger partial charge in [-0.1, -0.05) is 38.7 Å². The molecule has 0 spiro atoms. The molecule has 0 saturated carbocycles. The quantitative estimate of drug-likeness (QED) is 0.682. The number of hydrogen-bond donors (Lipinski definition) is 2. The summed E-state index contributed by atoms with van der Waals surface area (Å²) in [6.07, 6.45) is 6.91.